The van der Waals surface area contributed by atoms with Gasteiger partial charge < -0.3 is 8.98 Å². The third-order valence-corrected chi connectivity index (χ3v) is 8.94. The summed E-state index contributed by atoms with van der Waals surface area (Å²) in [6, 6.07) is 50.7. The van der Waals surface area contributed by atoms with Gasteiger partial charge in [-0.3, -0.25) is 4.57 Å². The van der Waals surface area contributed by atoms with Crippen LogP contribution < -0.4 is 0 Å². The van der Waals surface area contributed by atoms with E-state index in [-0.39, 0.29) is 0 Å². The third kappa shape index (κ3) is 3.43. The predicted molar refractivity (Wildman–Crippen MR) is 183 cm³/mol. The second kappa shape index (κ2) is 9.15. The summed E-state index contributed by atoms with van der Waals surface area (Å²) in [5.41, 5.74) is 8.75. The summed E-state index contributed by atoms with van der Waals surface area (Å²) < 4.78 is 11.1. The van der Waals surface area contributed by atoms with Crippen molar-refractivity contribution in [1.29, 1.82) is 0 Å². The molecule has 210 valence electrons. The van der Waals surface area contributed by atoms with Crippen molar-refractivity contribution in [2.24, 2.45) is 0 Å². The van der Waals surface area contributed by atoms with Gasteiger partial charge in [0.05, 0.1) is 22.1 Å². The standard InChI is InChI=1S/C40H24N4O/c1-2-12-26(13-3-1)43-32-18-8-4-16-29(32)30-23-22-25(24-35(30)43)39-41-37-31-17-7-11-21-36(31)45-38(37)40(42-39)44-33-19-9-5-14-27(33)28-15-6-10-20-34(28)44/h1-24H. The molecule has 6 aromatic carbocycles. The summed E-state index contributed by atoms with van der Waals surface area (Å²) in [5.74, 6) is 1.38. The highest BCUT2D eigenvalue weighted by Crippen LogP contribution is 2.39. The molecular formula is C40H24N4O. The van der Waals surface area contributed by atoms with E-state index in [1.54, 1.807) is 0 Å². The van der Waals surface area contributed by atoms with E-state index in [1.165, 1.54) is 27.1 Å². The topological polar surface area (TPSA) is 48.8 Å². The van der Waals surface area contributed by atoms with Crippen LogP contribution in [0, 0.1) is 0 Å². The predicted octanol–water partition coefficient (Wildman–Crippen LogP) is 10.2. The molecule has 4 aromatic heterocycles. The van der Waals surface area contributed by atoms with Crippen LogP contribution in [-0.4, -0.2) is 19.1 Å². The second-order valence-corrected chi connectivity index (χ2v) is 11.4. The van der Waals surface area contributed by atoms with Crippen molar-refractivity contribution in [2.75, 3.05) is 0 Å². The number of hydrogen-bond donors (Lipinski definition) is 0. The van der Waals surface area contributed by atoms with E-state index in [0.717, 1.165) is 50.1 Å². The zero-order chi connectivity index (χ0) is 29.5. The van der Waals surface area contributed by atoms with Gasteiger partial charge in [-0.25, -0.2) is 9.97 Å². The lowest BCUT2D eigenvalue weighted by atomic mass is 10.1. The normalized spacial score (nSPS) is 12.0. The fraction of sp³-hybridized carbons (Fsp3) is 0. The smallest absolute Gasteiger partial charge is 0.197 e. The first-order valence-electron chi connectivity index (χ1n) is 15.1. The number of para-hydroxylation sites is 5. The van der Waals surface area contributed by atoms with E-state index in [9.17, 15) is 0 Å². The van der Waals surface area contributed by atoms with Gasteiger partial charge in [-0.2, -0.15) is 0 Å². The molecule has 5 nitrogen and oxygen atoms in total. The minimum Gasteiger partial charge on any atom is -0.450 e. The molecule has 10 aromatic rings. The Morgan fingerprint density at radius 3 is 1.69 bits per heavy atom. The molecule has 45 heavy (non-hydrogen) atoms. The van der Waals surface area contributed by atoms with Gasteiger partial charge in [0.25, 0.3) is 0 Å². The van der Waals surface area contributed by atoms with Crippen LogP contribution in [0.5, 0.6) is 0 Å². The van der Waals surface area contributed by atoms with Gasteiger partial charge in [0.2, 0.25) is 0 Å². The van der Waals surface area contributed by atoms with Crippen molar-refractivity contribution in [1.82, 2.24) is 19.1 Å². The van der Waals surface area contributed by atoms with Gasteiger partial charge in [-0.15, -0.1) is 0 Å². The minimum atomic E-state index is 0.651. The van der Waals surface area contributed by atoms with Gasteiger partial charge in [0.1, 0.15) is 11.1 Å². The molecular weight excluding hydrogens is 552 g/mol. The summed E-state index contributed by atoms with van der Waals surface area (Å²) in [6.45, 7) is 0. The van der Waals surface area contributed by atoms with Crippen LogP contribution in [0.25, 0.3) is 88.6 Å². The Hall–Kier alpha value is -6.20. The van der Waals surface area contributed by atoms with Gasteiger partial charge in [-0.1, -0.05) is 97.1 Å². The molecule has 0 radical (unpaired) electrons. The summed E-state index contributed by atoms with van der Waals surface area (Å²) >= 11 is 0. The average Bonchev–Trinajstić information content (AvgIpc) is 3.76. The van der Waals surface area contributed by atoms with Crippen LogP contribution in [0.1, 0.15) is 0 Å². The molecule has 0 aliphatic rings. The maximum absolute atomic E-state index is 6.53. The summed E-state index contributed by atoms with van der Waals surface area (Å²) in [7, 11) is 0. The van der Waals surface area contributed by atoms with Gasteiger partial charge in [0, 0.05) is 38.2 Å². The Bertz CT molecular complexity index is 2710. The van der Waals surface area contributed by atoms with E-state index in [1.807, 2.05) is 18.2 Å². The largest absolute Gasteiger partial charge is 0.450 e. The molecule has 0 aliphatic carbocycles. The second-order valence-electron chi connectivity index (χ2n) is 11.4. The van der Waals surface area contributed by atoms with Crippen molar-refractivity contribution in [2.45, 2.75) is 0 Å². The number of nitrogens with zero attached hydrogens (tertiary/aromatic N) is 4. The summed E-state index contributed by atoms with van der Waals surface area (Å²) in [5, 5.41) is 5.72. The molecule has 0 saturated heterocycles. The Balaban J connectivity index is 1.32. The van der Waals surface area contributed by atoms with Crippen LogP contribution in [0.3, 0.4) is 0 Å². The molecule has 0 amide bonds. The number of fused-ring (bicyclic) bond motifs is 9. The number of rotatable bonds is 3. The van der Waals surface area contributed by atoms with E-state index in [2.05, 4.69) is 137 Å². The van der Waals surface area contributed by atoms with Crippen LogP contribution in [-0.2, 0) is 0 Å². The van der Waals surface area contributed by atoms with Gasteiger partial charge in [0.15, 0.2) is 17.2 Å². The highest BCUT2D eigenvalue weighted by molar-refractivity contribution is 6.12. The van der Waals surface area contributed by atoms with Crippen molar-refractivity contribution >= 4 is 65.7 Å². The molecule has 0 spiro atoms. The van der Waals surface area contributed by atoms with Crippen molar-refractivity contribution in [3.8, 4) is 22.9 Å². The molecule has 10 rings (SSSR count). The zero-order valence-electron chi connectivity index (χ0n) is 24.1. The molecule has 5 heteroatoms. The zero-order valence-corrected chi connectivity index (χ0v) is 24.1. The van der Waals surface area contributed by atoms with E-state index < -0.39 is 0 Å². The van der Waals surface area contributed by atoms with E-state index in [4.69, 9.17) is 14.4 Å². The van der Waals surface area contributed by atoms with Crippen LogP contribution in [0.2, 0.25) is 0 Å². The van der Waals surface area contributed by atoms with Gasteiger partial charge in [-0.05, 0) is 48.5 Å². The number of benzene rings is 6. The van der Waals surface area contributed by atoms with Crippen molar-refractivity contribution in [3.63, 3.8) is 0 Å². The number of furan rings is 1. The number of aromatic nitrogens is 4. The highest BCUT2D eigenvalue weighted by Gasteiger charge is 2.22. The third-order valence-electron chi connectivity index (χ3n) is 8.94. The molecule has 0 fully saturated rings. The summed E-state index contributed by atoms with van der Waals surface area (Å²) in [6.07, 6.45) is 0. The Labute approximate surface area is 257 Å². The van der Waals surface area contributed by atoms with E-state index in [0.29, 0.717) is 11.4 Å². The quantitative estimate of drug-likeness (QED) is 0.210. The fourth-order valence-electron chi connectivity index (χ4n) is 6.97. The molecule has 0 aliphatic heterocycles. The molecule has 0 unspecified atom stereocenters. The SMILES string of the molecule is c1ccc(-n2c3ccccc3c3ccc(-c4nc(-n5c6ccccc6c6ccccc65)c5oc6ccccc6c5n4)cc32)cc1. The number of hydrogen-bond acceptors (Lipinski definition) is 3. The fourth-order valence-corrected chi connectivity index (χ4v) is 6.97. The highest BCUT2D eigenvalue weighted by atomic mass is 16.3. The molecule has 0 N–H and O–H groups in total. The van der Waals surface area contributed by atoms with E-state index >= 15 is 0 Å². The monoisotopic (exact) mass is 576 g/mol. The maximum Gasteiger partial charge on any atom is 0.197 e. The average molecular weight is 577 g/mol. The first-order chi connectivity index (χ1) is 22.3. The maximum atomic E-state index is 6.53. The molecule has 0 saturated carbocycles. The lowest BCUT2D eigenvalue weighted by molar-refractivity contribution is 0.662. The van der Waals surface area contributed by atoms with Crippen molar-refractivity contribution in [3.05, 3.63) is 146 Å². The Morgan fingerprint density at radius 2 is 1.00 bits per heavy atom. The van der Waals surface area contributed by atoms with Crippen LogP contribution in [0.4, 0.5) is 0 Å². The molecule has 0 bridgehead atoms. The molecule has 4 heterocycles. The van der Waals surface area contributed by atoms with Crippen LogP contribution >= 0.6 is 0 Å². The van der Waals surface area contributed by atoms with Crippen LogP contribution in [0.15, 0.2) is 150 Å². The Kier molecular flexibility index (Phi) is 4.93. The lowest BCUT2D eigenvalue weighted by Crippen LogP contribution is -2.02. The lowest BCUT2D eigenvalue weighted by Gasteiger charge is -2.11. The summed E-state index contributed by atoms with van der Waals surface area (Å²) in [4.78, 5) is 10.5. The minimum absolute atomic E-state index is 0.651. The Morgan fingerprint density at radius 1 is 0.444 bits per heavy atom. The first kappa shape index (κ1) is 24.3. The van der Waals surface area contributed by atoms with Crippen molar-refractivity contribution < 1.29 is 4.42 Å². The van der Waals surface area contributed by atoms with Gasteiger partial charge >= 0.3 is 0 Å². The molecule has 0 atom stereocenters. The first-order valence-corrected chi connectivity index (χ1v) is 15.1.